The fourth-order valence-corrected chi connectivity index (χ4v) is 5.21. The quantitative estimate of drug-likeness (QED) is 0.697. The monoisotopic (exact) mass is 323 g/mol. The molecule has 0 spiro atoms. The molecule has 0 radical (unpaired) electrons. The highest BCUT2D eigenvalue weighted by molar-refractivity contribution is 4.87. The standard InChI is InChI=1S/C21H43N2/c1-7-20(14-19-9-8-10-19)21(4)12-11-17(2)13-18(3)15-23(5,6)22-16-21/h17-20,22H,7-16H2,1-6H3/q+1. The summed E-state index contributed by atoms with van der Waals surface area (Å²) in [5.74, 6) is 3.62. The van der Waals surface area contributed by atoms with E-state index in [0.717, 1.165) is 28.3 Å². The zero-order valence-electron chi connectivity index (χ0n) is 16.8. The van der Waals surface area contributed by atoms with Gasteiger partial charge in [-0.1, -0.05) is 59.8 Å². The molecule has 1 heterocycles. The van der Waals surface area contributed by atoms with Gasteiger partial charge in [-0.25, -0.2) is 0 Å². The molecule has 136 valence electrons. The van der Waals surface area contributed by atoms with Gasteiger partial charge >= 0.3 is 0 Å². The minimum atomic E-state index is 0.467. The fourth-order valence-electron chi connectivity index (χ4n) is 5.21. The van der Waals surface area contributed by atoms with E-state index in [1.807, 2.05) is 0 Å². The summed E-state index contributed by atoms with van der Waals surface area (Å²) >= 11 is 0. The van der Waals surface area contributed by atoms with Crippen LogP contribution < -0.4 is 5.43 Å². The Morgan fingerprint density at radius 2 is 1.83 bits per heavy atom. The van der Waals surface area contributed by atoms with E-state index in [9.17, 15) is 0 Å². The largest absolute Gasteiger partial charge is 0.250 e. The molecule has 4 unspecified atom stereocenters. The smallest absolute Gasteiger partial charge is 0.0983 e. The first-order chi connectivity index (χ1) is 10.7. The molecule has 0 aromatic carbocycles. The summed E-state index contributed by atoms with van der Waals surface area (Å²) in [5.41, 5.74) is 4.39. The average Bonchev–Trinajstić information content (AvgIpc) is 2.40. The van der Waals surface area contributed by atoms with E-state index in [1.54, 1.807) is 0 Å². The van der Waals surface area contributed by atoms with Crippen molar-refractivity contribution in [3.63, 3.8) is 0 Å². The van der Waals surface area contributed by atoms with E-state index in [-0.39, 0.29) is 0 Å². The number of nitrogens with one attached hydrogen (secondary N) is 1. The predicted molar refractivity (Wildman–Crippen MR) is 101 cm³/mol. The van der Waals surface area contributed by atoms with Crippen LogP contribution in [0.2, 0.25) is 0 Å². The van der Waals surface area contributed by atoms with Crippen molar-refractivity contribution in [2.24, 2.45) is 29.1 Å². The van der Waals surface area contributed by atoms with Gasteiger partial charge < -0.3 is 0 Å². The molecule has 1 saturated carbocycles. The second-order valence-electron chi connectivity index (χ2n) is 9.98. The average molecular weight is 324 g/mol. The van der Waals surface area contributed by atoms with Gasteiger partial charge in [-0.15, -0.1) is 0 Å². The molecule has 4 atom stereocenters. The summed E-state index contributed by atoms with van der Waals surface area (Å²) in [6, 6.07) is 0. The van der Waals surface area contributed by atoms with Crippen LogP contribution in [0.5, 0.6) is 0 Å². The zero-order chi connectivity index (χ0) is 17.1. The van der Waals surface area contributed by atoms with E-state index < -0.39 is 0 Å². The first-order valence-electron chi connectivity index (χ1n) is 10.3. The summed E-state index contributed by atoms with van der Waals surface area (Å²) < 4.78 is 0.976. The van der Waals surface area contributed by atoms with Crippen LogP contribution in [0.15, 0.2) is 0 Å². The van der Waals surface area contributed by atoms with Crippen molar-refractivity contribution in [2.75, 3.05) is 27.2 Å². The minimum absolute atomic E-state index is 0.467. The maximum atomic E-state index is 3.93. The molecule has 2 fully saturated rings. The minimum Gasteiger partial charge on any atom is -0.250 e. The Labute approximate surface area is 146 Å². The van der Waals surface area contributed by atoms with Gasteiger partial charge in [0.15, 0.2) is 0 Å². The third-order valence-corrected chi connectivity index (χ3v) is 7.01. The number of hydrogen-bond acceptors (Lipinski definition) is 1. The highest BCUT2D eigenvalue weighted by atomic mass is 15.6. The number of hydrogen-bond donors (Lipinski definition) is 1. The molecule has 1 aliphatic heterocycles. The van der Waals surface area contributed by atoms with Crippen molar-refractivity contribution in [3.05, 3.63) is 0 Å². The molecular formula is C21H43N2+. The molecule has 2 aliphatic rings. The van der Waals surface area contributed by atoms with Gasteiger partial charge in [0.05, 0.1) is 27.2 Å². The number of quaternary nitrogens is 1. The lowest BCUT2D eigenvalue weighted by atomic mass is 9.65. The molecule has 0 bridgehead atoms. The molecule has 0 aromatic heterocycles. The SMILES string of the molecule is CCC(CC1CCC1)C1(C)CCC(C)CC(C)C[N+](C)(C)NC1. The highest BCUT2D eigenvalue weighted by Crippen LogP contribution is 2.44. The summed E-state index contributed by atoms with van der Waals surface area (Å²) in [7, 11) is 4.71. The van der Waals surface area contributed by atoms with Crippen molar-refractivity contribution < 1.29 is 4.59 Å². The van der Waals surface area contributed by atoms with E-state index in [0.29, 0.717) is 5.41 Å². The van der Waals surface area contributed by atoms with Gasteiger partial charge in [0, 0.05) is 5.92 Å². The van der Waals surface area contributed by atoms with Crippen LogP contribution in [0, 0.1) is 29.1 Å². The first-order valence-corrected chi connectivity index (χ1v) is 10.3. The van der Waals surface area contributed by atoms with Crippen LogP contribution in [0.1, 0.15) is 79.1 Å². The lowest BCUT2D eigenvalue weighted by molar-refractivity contribution is -0.937. The molecule has 1 saturated heterocycles. The van der Waals surface area contributed by atoms with E-state index >= 15 is 0 Å². The Morgan fingerprint density at radius 3 is 2.39 bits per heavy atom. The van der Waals surface area contributed by atoms with Crippen LogP contribution in [0.3, 0.4) is 0 Å². The van der Waals surface area contributed by atoms with E-state index in [1.165, 1.54) is 64.5 Å². The highest BCUT2D eigenvalue weighted by Gasteiger charge is 2.38. The number of rotatable bonds is 4. The second kappa shape index (κ2) is 7.87. The van der Waals surface area contributed by atoms with Crippen LogP contribution in [-0.4, -0.2) is 31.8 Å². The van der Waals surface area contributed by atoms with Crippen LogP contribution in [-0.2, 0) is 0 Å². The van der Waals surface area contributed by atoms with Crippen LogP contribution in [0.4, 0.5) is 0 Å². The van der Waals surface area contributed by atoms with E-state index in [4.69, 9.17) is 0 Å². The molecule has 1 N–H and O–H groups in total. The molecule has 0 amide bonds. The Hall–Kier alpha value is -0.0800. The van der Waals surface area contributed by atoms with Crippen molar-refractivity contribution in [1.82, 2.24) is 5.43 Å². The number of nitrogens with zero attached hydrogens (tertiary/aromatic N) is 1. The molecule has 23 heavy (non-hydrogen) atoms. The Bertz CT molecular complexity index is 361. The normalized spacial score (nSPS) is 37.8. The molecule has 0 aromatic rings. The molecule has 2 nitrogen and oxygen atoms in total. The van der Waals surface area contributed by atoms with Gasteiger partial charge in [-0.2, -0.15) is 5.43 Å². The van der Waals surface area contributed by atoms with Crippen molar-refractivity contribution in [1.29, 1.82) is 0 Å². The Balaban J connectivity index is 2.09. The fraction of sp³-hybridized carbons (Fsp3) is 1.00. The van der Waals surface area contributed by atoms with Gasteiger partial charge in [0.25, 0.3) is 0 Å². The van der Waals surface area contributed by atoms with Gasteiger partial charge in [0.2, 0.25) is 0 Å². The van der Waals surface area contributed by atoms with Gasteiger partial charge in [-0.3, -0.25) is 4.59 Å². The Morgan fingerprint density at radius 1 is 1.13 bits per heavy atom. The summed E-state index contributed by atoms with van der Waals surface area (Å²) in [6.45, 7) is 12.4. The zero-order valence-corrected chi connectivity index (χ0v) is 16.8. The maximum absolute atomic E-state index is 3.93. The first kappa shape index (κ1) is 19.2. The van der Waals surface area contributed by atoms with Crippen molar-refractivity contribution >= 4 is 0 Å². The predicted octanol–water partition coefficient (Wildman–Crippen LogP) is 5.25. The molecule has 1 aliphatic carbocycles. The van der Waals surface area contributed by atoms with E-state index in [2.05, 4.69) is 47.2 Å². The molecular weight excluding hydrogens is 280 g/mol. The topological polar surface area (TPSA) is 12.0 Å². The van der Waals surface area contributed by atoms with Crippen LogP contribution in [0.25, 0.3) is 0 Å². The van der Waals surface area contributed by atoms with Gasteiger partial charge in [0.1, 0.15) is 0 Å². The molecule has 2 heteroatoms. The maximum Gasteiger partial charge on any atom is 0.0983 e. The lowest BCUT2D eigenvalue weighted by Crippen LogP contribution is -2.58. The second-order valence-corrected chi connectivity index (χ2v) is 9.98. The Kier molecular flexibility index (Phi) is 6.58. The third kappa shape index (κ3) is 5.46. The summed E-state index contributed by atoms with van der Waals surface area (Å²) in [6.07, 6.45) is 11.5. The van der Waals surface area contributed by atoms with Crippen molar-refractivity contribution in [3.8, 4) is 0 Å². The lowest BCUT2D eigenvalue weighted by Gasteiger charge is -2.45. The third-order valence-electron chi connectivity index (χ3n) is 7.01. The summed E-state index contributed by atoms with van der Waals surface area (Å²) in [5, 5.41) is 0. The summed E-state index contributed by atoms with van der Waals surface area (Å²) in [4.78, 5) is 0. The molecule has 2 rings (SSSR count). The van der Waals surface area contributed by atoms with Crippen molar-refractivity contribution in [2.45, 2.75) is 79.1 Å². The van der Waals surface area contributed by atoms with Crippen LogP contribution >= 0.6 is 0 Å². The van der Waals surface area contributed by atoms with Gasteiger partial charge in [-0.05, 0) is 42.4 Å².